The number of nitriles is 2. The number of nitrogens with zero attached hydrogens (tertiary/aromatic N) is 6. The van der Waals surface area contributed by atoms with Crippen LogP contribution in [-0.4, -0.2) is 49.9 Å². The molecule has 0 fully saturated rings. The maximum Gasteiger partial charge on any atom is 0.573 e. The molecule has 2 aromatic heterocycles. The van der Waals surface area contributed by atoms with Gasteiger partial charge in [0.1, 0.15) is 51.3 Å². The molecule has 8 aromatic rings. The lowest BCUT2D eigenvalue weighted by Gasteiger charge is -2.13. The third-order valence-corrected chi connectivity index (χ3v) is 14.1. The van der Waals surface area contributed by atoms with Crippen LogP contribution in [0.25, 0.3) is 33.9 Å². The second-order valence-corrected chi connectivity index (χ2v) is 20.1. The molecule has 2 heterocycles. The van der Waals surface area contributed by atoms with Crippen molar-refractivity contribution in [1.82, 2.24) is 29.0 Å². The van der Waals surface area contributed by atoms with E-state index in [1.807, 2.05) is 6.07 Å². The van der Waals surface area contributed by atoms with E-state index in [9.17, 15) is 49.3 Å². The Hall–Kier alpha value is -7.05. The average Bonchev–Trinajstić information content (AvgIpc) is 3.90. The van der Waals surface area contributed by atoms with Gasteiger partial charge < -0.3 is 9.47 Å². The Bertz CT molecular complexity index is 3660. The minimum absolute atomic E-state index is 0.0187. The maximum absolute atomic E-state index is 13.6. The first-order valence-electron chi connectivity index (χ1n) is 20.6. The number of alkyl halides is 3. The molecule has 14 nitrogen and oxygen atoms in total. The molecule has 25 heteroatoms. The predicted molar refractivity (Wildman–Crippen MR) is 262 cm³/mol. The number of sulfonamides is 2. The van der Waals surface area contributed by atoms with Crippen molar-refractivity contribution < 1.29 is 48.3 Å². The molecule has 73 heavy (non-hydrogen) atoms. The lowest BCUT2D eigenvalue weighted by molar-refractivity contribution is -0.275. The fourth-order valence-corrected chi connectivity index (χ4v) is 9.95. The highest BCUT2D eigenvalue weighted by molar-refractivity contribution is 7.89. The Kier molecular flexibility index (Phi) is 16.5. The van der Waals surface area contributed by atoms with Gasteiger partial charge in [0.25, 0.3) is 0 Å². The van der Waals surface area contributed by atoms with Crippen LogP contribution < -0.4 is 18.9 Å². The molecule has 0 aliphatic heterocycles. The molecular formula is C48H31Cl4F5N8O6S2. The number of hydrogen-bond donors (Lipinski definition) is 2. The largest absolute Gasteiger partial charge is 0.573 e. The Morgan fingerprint density at radius 3 is 1.63 bits per heavy atom. The normalized spacial score (nSPS) is 11.6. The smallest absolute Gasteiger partial charge is 0.497 e. The number of methoxy groups -OCH3 is 1. The van der Waals surface area contributed by atoms with Crippen LogP contribution in [0.3, 0.4) is 0 Å². The standard InChI is InChI=1S/C24H15Cl2F3N4O3S.C24H16Cl2F2N4O3S/c25-16-11-9-15(10-12-16)23-17(13-30)19(32-33(23)20-6-2-1-5-18(20)26)14-31-37(34,35)22-8-4-3-7-21(22)36-24(27,28)29;1-35-18-5-2-14(3-6-18)24-20(12-29)22(31-32(24)23-7-4-15(25)8-21(23)26)13-30-36(33,34)19-10-16(27)9-17(28)11-19/h1-12,31H,14H2;2-11,30H,13H2,1H3. The molecule has 374 valence electrons. The van der Waals surface area contributed by atoms with Gasteiger partial charge in [-0.05, 0) is 91.0 Å². The summed E-state index contributed by atoms with van der Waals surface area (Å²) in [6.07, 6.45) is -5.10. The number of ether oxygens (including phenoxy) is 2. The molecule has 0 unspecified atom stereocenters. The highest BCUT2D eigenvalue weighted by Crippen LogP contribution is 2.36. The van der Waals surface area contributed by atoms with Crippen LogP contribution in [0.4, 0.5) is 22.0 Å². The first kappa shape index (κ1) is 53.7. The zero-order chi connectivity index (χ0) is 52.8. The van der Waals surface area contributed by atoms with E-state index in [1.165, 1.54) is 34.7 Å². The van der Waals surface area contributed by atoms with Gasteiger partial charge in [0.2, 0.25) is 20.0 Å². The van der Waals surface area contributed by atoms with Crippen LogP contribution in [0.15, 0.2) is 143 Å². The van der Waals surface area contributed by atoms with Crippen LogP contribution >= 0.6 is 46.4 Å². The molecule has 0 saturated heterocycles. The summed E-state index contributed by atoms with van der Waals surface area (Å²) in [6, 6.07) is 35.1. The van der Waals surface area contributed by atoms with Gasteiger partial charge in [0.05, 0.1) is 69.3 Å². The van der Waals surface area contributed by atoms with Crippen molar-refractivity contribution in [2.75, 3.05) is 7.11 Å². The molecule has 0 bridgehead atoms. The van der Waals surface area contributed by atoms with Crippen LogP contribution in [-0.2, 0) is 33.1 Å². The van der Waals surface area contributed by atoms with Gasteiger partial charge in [-0.25, -0.2) is 44.4 Å². The topological polar surface area (TPSA) is 194 Å². The summed E-state index contributed by atoms with van der Waals surface area (Å²) in [4.78, 5) is -1.33. The highest BCUT2D eigenvalue weighted by atomic mass is 35.5. The first-order valence-corrected chi connectivity index (χ1v) is 25.1. The second-order valence-electron chi connectivity index (χ2n) is 14.9. The van der Waals surface area contributed by atoms with Crippen LogP contribution in [0.1, 0.15) is 22.5 Å². The third kappa shape index (κ3) is 12.6. The summed E-state index contributed by atoms with van der Waals surface area (Å²) in [6.45, 7) is -0.950. The number of nitrogens with one attached hydrogen (secondary N) is 2. The molecule has 0 radical (unpaired) electrons. The molecule has 0 atom stereocenters. The molecule has 8 rings (SSSR count). The Morgan fingerprint density at radius 1 is 0.616 bits per heavy atom. The molecule has 0 amide bonds. The zero-order valence-electron chi connectivity index (χ0n) is 37.0. The summed E-state index contributed by atoms with van der Waals surface area (Å²) < 4.78 is 133. The summed E-state index contributed by atoms with van der Waals surface area (Å²) in [5, 5.41) is 30.3. The van der Waals surface area contributed by atoms with E-state index in [0.29, 0.717) is 72.9 Å². The van der Waals surface area contributed by atoms with Crippen LogP contribution in [0.5, 0.6) is 11.5 Å². The molecule has 0 saturated carbocycles. The molecule has 6 aromatic carbocycles. The van der Waals surface area contributed by atoms with Gasteiger partial charge in [-0.3, -0.25) is 0 Å². The van der Waals surface area contributed by atoms with Crippen LogP contribution in [0.2, 0.25) is 20.1 Å². The monoisotopic (exact) mass is 1110 g/mol. The average molecular weight is 1120 g/mol. The first-order chi connectivity index (χ1) is 34.6. The number of rotatable bonds is 14. The van der Waals surface area contributed by atoms with E-state index in [-0.39, 0.29) is 27.5 Å². The molecule has 0 aliphatic carbocycles. The van der Waals surface area contributed by atoms with Crippen molar-refractivity contribution in [2.45, 2.75) is 29.2 Å². The fourth-order valence-electron chi connectivity index (χ4n) is 6.98. The summed E-state index contributed by atoms with van der Waals surface area (Å²) in [7, 11) is -7.33. The highest BCUT2D eigenvalue weighted by Gasteiger charge is 2.34. The van der Waals surface area contributed by atoms with E-state index >= 15 is 0 Å². The van der Waals surface area contributed by atoms with Crippen molar-refractivity contribution in [3.8, 4) is 57.5 Å². The van der Waals surface area contributed by atoms with E-state index in [1.54, 1.807) is 84.9 Å². The molecule has 2 N–H and O–H groups in total. The number of benzene rings is 6. The second kappa shape index (κ2) is 22.4. The minimum Gasteiger partial charge on any atom is -0.497 e. The number of halogens is 9. The van der Waals surface area contributed by atoms with Crippen LogP contribution in [0, 0.1) is 34.3 Å². The van der Waals surface area contributed by atoms with Gasteiger partial charge >= 0.3 is 6.36 Å². The van der Waals surface area contributed by atoms with Gasteiger partial charge in [-0.1, -0.05) is 82.8 Å². The van der Waals surface area contributed by atoms with E-state index in [0.717, 1.165) is 12.1 Å². The van der Waals surface area contributed by atoms with Crippen molar-refractivity contribution in [3.63, 3.8) is 0 Å². The number of para-hydroxylation sites is 2. The van der Waals surface area contributed by atoms with E-state index in [4.69, 9.17) is 51.1 Å². The minimum atomic E-state index is -5.10. The third-order valence-electron chi connectivity index (χ3n) is 10.2. The maximum atomic E-state index is 13.6. The number of hydrogen-bond acceptors (Lipinski definition) is 10. The lowest BCUT2D eigenvalue weighted by atomic mass is 10.1. The summed E-state index contributed by atoms with van der Waals surface area (Å²) in [5.41, 5.74) is 2.79. The summed E-state index contributed by atoms with van der Waals surface area (Å²) in [5.74, 6) is -2.40. The van der Waals surface area contributed by atoms with E-state index < -0.39 is 66.7 Å². The number of aromatic nitrogens is 4. The zero-order valence-corrected chi connectivity index (χ0v) is 41.6. The van der Waals surface area contributed by atoms with E-state index in [2.05, 4.69) is 30.4 Å². The fraction of sp³-hybridized carbons (Fsp3) is 0.0833. The van der Waals surface area contributed by atoms with Gasteiger partial charge in [-0.2, -0.15) is 20.7 Å². The Balaban J connectivity index is 0.000000214. The van der Waals surface area contributed by atoms with Crippen molar-refractivity contribution in [3.05, 3.63) is 188 Å². The SMILES string of the molecule is COc1ccc(-c2c(C#N)c(CNS(=O)(=O)c3cc(F)cc(F)c3)nn2-c2ccc(Cl)cc2Cl)cc1.N#Cc1c(CNS(=O)(=O)c2ccccc2OC(F)(F)F)nn(-c2ccccc2Cl)c1-c1ccc(Cl)cc1. The van der Waals surface area contributed by atoms with Crippen molar-refractivity contribution in [1.29, 1.82) is 10.5 Å². The predicted octanol–water partition coefficient (Wildman–Crippen LogP) is 11.6. The molecule has 0 spiro atoms. The molecule has 0 aliphatic rings. The van der Waals surface area contributed by atoms with Gasteiger partial charge in [0, 0.05) is 27.2 Å². The Morgan fingerprint density at radius 2 is 1.11 bits per heavy atom. The van der Waals surface area contributed by atoms with Gasteiger partial charge in [-0.15, -0.1) is 13.2 Å². The van der Waals surface area contributed by atoms with Gasteiger partial charge in [0.15, 0.2) is 0 Å². The van der Waals surface area contributed by atoms with Crippen molar-refractivity contribution >= 4 is 66.5 Å². The summed E-state index contributed by atoms with van der Waals surface area (Å²) >= 11 is 24.8. The molecular weight excluding hydrogens is 1090 g/mol. The quantitative estimate of drug-likeness (QED) is 0.0990. The lowest BCUT2D eigenvalue weighted by Crippen LogP contribution is -2.26. The Labute approximate surface area is 433 Å². The van der Waals surface area contributed by atoms with Crippen molar-refractivity contribution in [2.24, 2.45) is 0 Å².